The molecule has 4 N–H and O–H groups in total. The summed E-state index contributed by atoms with van der Waals surface area (Å²) < 4.78 is 9.49. The second-order valence-corrected chi connectivity index (χ2v) is 3.72. The first-order valence-electron chi connectivity index (χ1n) is 5.57. The van der Waals surface area contributed by atoms with Crippen LogP contribution in [0.25, 0.3) is 0 Å². The van der Waals surface area contributed by atoms with E-state index in [1.165, 1.54) is 0 Å². The van der Waals surface area contributed by atoms with Gasteiger partial charge in [0.1, 0.15) is 25.1 Å². The lowest BCUT2D eigenvalue weighted by molar-refractivity contribution is 0.0196. The minimum Gasteiger partial charge on any atom is -0.491 e. The first kappa shape index (κ1) is 14.3. The summed E-state index contributed by atoms with van der Waals surface area (Å²) in [5, 5.41) is 17.6. The van der Waals surface area contributed by atoms with Crippen molar-refractivity contribution >= 4 is 6.16 Å². The molecule has 6 heteroatoms. The van der Waals surface area contributed by atoms with Crippen molar-refractivity contribution in [2.75, 3.05) is 19.8 Å². The monoisotopic (exact) mass is 255 g/mol. The number of hydrogen-bond donors (Lipinski definition) is 3. The number of carboxylic acid groups (broad SMARTS) is 1. The van der Waals surface area contributed by atoms with Gasteiger partial charge < -0.3 is 25.4 Å². The Morgan fingerprint density at radius 1 is 1.28 bits per heavy atom. The standard InChI is InChI=1S/C12H17NO5/c13-6-5-9-1-3-11(4-2-9)17-7-10(14)8-18-12(15)16/h1-4,10,14H,5-8,13H2,(H,15,16). The van der Waals surface area contributed by atoms with Gasteiger partial charge in [0.05, 0.1) is 0 Å². The molecule has 0 amide bonds. The molecule has 1 aromatic rings. The summed E-state index contributed by atoms with van der Waals surface area (Å²) in [6.07, 6.45) is -1.60. The van der Waals surface area contributed by atoms with Gasteiger partial charge in [0, 0.05) is 0 Å². The van der Waals surface area contributed by atoms with Crippen LogP contribution >= 0.6 is 0 Å². The normalized spacial score (nSPS) is 11.9. The Balaban J connectivity index is 2.31. The first-order valence-corrected chi connectivity index (χ1v) is 5.57. The third kappa shape index (κ3) is 5.51. The molecule has 0 spiro atoms. The lowest BCUT2D eigenvalue weighted by Crippen LogP contribution is -2.24. The molecular weight excluding hydrogens is 238 g/mol. The van der Waals surface area contributed by atoms with Crippen molar-refractivity contribution in [3.05, 3.63) is 29.8 Å². The summed E-state index contributed by atoms with van der Waals surface area (Å²) in [6, 6.07) is 7.33. The average molecular weight is 255 g/mol. The number of rotatable bonds is 7. The fraction of sp³-hybridized carbons (Fsp3) is 0.417. The minimum absolute atomic E-state index is 0.0243. The third-order valence-electron chi connectivity index (χ3n) is 2.20. The molecule has 0 saturated carbocycles. The highest BCUT2D eigenvalue weighted by atomic mass is 16.7. The Labute approximate surface area is 105 Å². The summed E-state index contributed by atoms with van der Waals surface area (Å²) in [4.78, 5) is 10.1. The van der Waals surface area contributed by atoms with Crippen LogP contribution < -0.4 is 10.5 Å². The van der Waals surface area contributed by atoms with E-state index in [1.807, 2.05) is 12.1 Å². The molecule has 0 aromatic heterocycles. The number of nitrogens with two attached hydrogens (primary N) is 1. The van der Waals surface area contributed by atoms with Crippen LogP contribution in [0.1, 0.15) is 5.56 Å². The van der Waals surface area contributed by atoms with E-state index in [0.29, 0.717) is 12.3 Å². The van der Waals surface area contributed by atoms with Crippen molar-refractivity contribution < 1.29 is 24.5 Å². The molecule has 0 bridgehead atoms. The lowest BCUT2D eigenvalue weighted by Gasteiger charge is -2.11. The smallest absolute Gasteiger partial charge is 0.491 e. The summed E-state index contributed by atoms with van der Waals surface area (Å²) in [5.41, 5.74) is 6.54. The summed E-state index contributed by atoms with van der Waals surface area (Å²) in [5.74, 6) is 0.602. The number of aliphatic hydroxyl groups is 1. The van der Waals surface area contributed by atoms with Crippen molar-refractivity contribution in [3.63, 3.8) is 0 Å². The third-order valence-corrected chi connectivity index (χ3v) is 2.20. The Morgan fingerprint density at radius 3 is 2.50 bits per heavy atom. The predicted molar refractivity (Wildman–Crippen MR) is 64.7 cm³/mol. The van der Waals surface area contributed by atoms with Crippen molar-refractivity contribution in [1.82, 2.24) is 0 Å². The fourth-order valence-corrected chi connectivity index (χ4v) is 1.33. The average Bonchev–Trinajstić information content (AvgIpc) is 2.36. The highest BCUT2D eigenvalue weighted by Gasteiger charge is 2.08. The summed E-state index contributed by atoms with van der Waals surface area (Å²) in [6.45, 7) is 0.259. The molecular formula is C12H17NO5. The maximum Gasteiger partial charge on any atom is 0.505 e. The molecule has 1 rings (SSSR count). The van der Waals surface area contributed by atoms with Crippen LogP contribution in [-0.4, -0.2) is 42.2 Å². The molecule has 18 heavy (non-hydrogen) atoms. The van der Waals surface area contributed by atoms with Gasteiger partial charge >= 0.3 is 6.16 Å². The van der Waals surface area contributed by atoms with E-state index in [2.05, 4.69) is 4.74 Å². The van der Waals surface area contributed by atoms with Crippen molar-refractivity contribution in [2.45, 2.75) is 12.5 Å². The maximum absolute atomic E-state index is 10.1. The first-order chi connectivity index (χ1) is 8.61. The van der Waals surface area contributed by atoms with Crippen molar-refractivity contribution in [2.24, 2.45) is 5.73 Å². The second-order valence-electron chi connectivity index (χ2n) is 3.72. The number of aliphatic hydroxyl groups excluding tert-OH is 1. The van der Waals surface area contributed by atoms with E-state index in [9.17, 15) is 9.90 Å². The minimum atomic E-state index is -1.42. The molecule has 1 aromatic carbocycles. The largest absolute Gasteiger partial charge is 0.505 e. The molecule has 0 aliphatic carbocycles. The predicted octanol–water partition coefficient (Wildman–Crippen LogP) is 0.622. The van der Waals surface area contributed by atoms with Crippen LogP contribution in [0.2, 0.25) is 0 Å². The van der Waals surface area contributed by atoms with Crippen LogP contribution in [0.4, 0.5) is 4.79 Å². The van der Waals surface area contributed by atoms with Gasteiger partial charge in [-0.3, -0.25) is 0 Å². The molecule has 0 fully saturated rings. The van der Waals surface area contributed by atoms with Gasteiger partial charge in [0.15, 0.2) is 0 Å². The summed E-state index contributed by atoms with van der Waals surface area (Å²) >= 11 is 0. The van der Waals surface area contributed by atoms with Crippen molar-refractivity contribution in [3.8, 4) is 5.75 Å². The molecule has 0 heterocycles. The zero-order valence-electron chi connectivity index (χ0n) is 9.91. The van der Waals surface area contributed by atoms with Crippen LogP contribution in [0, 0.1) is 0 Å². The van der Waals surface area contributed by atoms with Gasteiger partial charge in [-0.15, -0.1) is 0 Å². The van der Waals surface area contributed by atoms with E-state index < -0.39 is 12.3 Å². The topological polar surface area (TPSA) is 102 Å². The van der Waals surface area contributed by atoms with Gasteiger partial charge in [0.25, 0.3) is 0 Å². The highest BCUT2D eigenvalue weighted by Crippen LogP contribution is 2.12. The second kappa shape index (κ2) is 7.52. The number of ether oxygens (including phenoxy) is 2. The molecule has 6 nitrogen and oxygen atoms in total. The van der Waals surface area contributed by atoms with Gasteiger partial charge in [-0.05, 0) is 30.7 Å². The van der Waals surface area contributed by atoms with E-state index in [0.717, 1.165) is 12.0 Å². The van der Waals surface area contributed by atoms with E-state index >= 15 is 0 Å². The zero-order valence-corrected chi connectivity index (χ0v) is 9.91. The molecule has 0 radical (unpaired) electrons. The Bertz CT molecular complexity index is 365. The molecule has 100 valence electrons. The molecule has 1 unspecified atom stereocenters. The van der Waals surface area contributed by atoms with Gasteiger partial charge in [-0.2, -0.15) is 0 Å². The van der Waals surface area contributed by atoms with Crippen LogP contribution in [0.3, 0.4) is 0 Å². The Hall–Kier alpha value is -1.79. The molecule has 0 aliphatic heterocycles. The quantitative estimate of drug-likeness (QED) is 0.617. The van der Waals surface area contributed by atoms with E-state index in [1.54, 1.807) is 12.1 Å². The van der Waals surface area contributed by atoms with Crippen LogP contribution in [0.15, 0.2) is 24.3 Å². The van der Waals surface area contributed by atoms with Gasteiger partial charge in [0.2, 0.25) is 0 Å². The van der Waals surface area contributed by atoms with E-state index in [4.69, 9.17) is 15.6 Å². The van der Waals surface area contributed by atoms with Gasteiger partial charge in [-0.25, -0.2) is 4.79 Å². The van der Waals surface area contributed by atoms with E-state index in [-0.39, 0.29) is 13.2 Å². The Morgan fingerprint density at radius 2 is 1.94 bits per heavy atom. The number of carbonyl (C=O) groups is 1. The van der Waals surface area contributed by atoms with Gasteiger partial charge in [-0.1, -0.05) is 12.1 Å². The highest BCUT2D eigenvalue weighted by molar-refractivity contribution is 5.56. The van der Waals surface area contributed by atoms with Crippen LogP contribution in [-0.2, 0) is 11.2 Å². The lowest BCUT2D eigenvalue weighted by atomic mass is 10.1. The van der Waals surface area contributed by atoms with Crippen molar-refractivity contribution in [1.29, 1.82) is 0 Å². The number of hydrogen-bond acceptors (Lipinski definition) is 5. The number of benzene rings is 1. The van der Waals surface area contributed by atoms with Crippen LogP contribution in [0.5, 0.6) is 5.75 Å². The molecule has 0 saturated heterocycles. The Kier molecular flexibility index (Phi) is 5.96. The molecule has 1 atom stereocenters. The SMILES string of the molecule is NCCc1ccc(OCC(O)COC(=O)O)cc1. The summed E-state index contributed by atoms with van der Waals surface area (Å²) in [7, 11) is 0. The molecule has 0 aliphatic rings. The zero-order chi connectivity index (χ0) is 13.4. The fourth-order valence-electron chi connectivity index (χ4n) is 1.33. The maximum atomic E-state index is 10.1.